The van der Waals surface area contributed by atoms with E-state index < -0.39 is 12.6 Å². The Kier molecular flexibility index (Phi) is 5.45. The Morgan fingerprint density at radius 2 is 1.89 bits per heavy atom. The maximum Gasteiger partial charge on any atom is 0.341 e. The molecule has 0 spiro atoms. The van der Waals surface area contributed by atoms with E-state index in [1.165, 1.54) is 7.11 Å². The molecule has 3 rings (SSSR count). The fourth-order valence-electron chi connectivity index (χ4n) is 3.05. The molecular weight excluding hydrogens is 348 g/mol. The van der Waals surface area contributed by atoms with Gasteiger partial charge in [-0.15, -0.1) is 0 Å². The Balaban J connectivity index is 1.86. The van der Waals surface area contributed by atoms with Crippen LogP contribution < -0.4 is 14.2 Å². The SMILES string of the molecule is COc1ccc2c(c1)CCC(=Cc1ccc(OCC(=O)O)c(OC)c1)C2=O. The Morgan fingerprint density at radius 3 is 2.59 bits per heavy atom. The summed E-state index contributed by atoms with van der Waals surface area (Å²) < 4.78 is 15.7. The van der Waals surface area contributed by atoms with Crippen LogP contribution in [0.5, 0.6) is 17.2 Å². The third-order valence-electron chi connectivity index (χ3n) is 4.39. The predicted molar refractivity (Wildman–Crippen MR) is 99.7 cm³/mol. The van der Waals surface area contributed by atoms with Crippen molar-refractivity contribution in [3.63, 3.8) is 0 Å². The fraction of sp³-hybridized carbons (Fsp3) is 0.238. The number of carboxylic acids is 1. The van der Waals surface area contributed by atoms with Crippen LogP contribution in [0.3, 0.4) is 0 Å². The first-order chi connectivity index (χ1) is 13.0. The number of fused-ring (bicyclic) bond motifs is 1. The summed E-state index contributed by atoms with van der Waals surface area (Å²) in [5.41, 5.74) is 3.19. The molecular formula is C21H20O6. The van der Waals surface area contributed by atoms with Gasteiger partial charge in [0.1, 0.15) is 5.75 Å². The number of Topliss-reactive ketones (excluding diaryl/α,β-unsaturated/α-hetero) is 1. The second kappa shape index (κ2) is 7.95. The number of aliphatic carboxylic acids is 1. The average molecular weight is 368 g/mol. The van der Waals surface area contributed by atoms with Crippen molar-refractivity contribution in [3.8, 4) is 17.2 Å². The molecule has 1 N–H and O–H groups in total. The topological polar surface area (TPSA) is 82.1 Å². The molecule has 0 bridgehead atoms. The highest BCUT2D eigenvalue weighted by atomic mass is 16.5. The van der Waals surface area contributed by atoms with Crippen LogP contribution in [0, 0.1) is 0 Å². The minimum absolute atomic E-state index is 0.00377. The van der Waals surface area contributed by atoms with Crippen LogP contribution in [0.25, 0.3) is 6.08 Å². The third-order valence-corrected chi connectivity index (χ3v) is 4.39. The number of aryl methyl sites for hydroxylation is 1. The molecule has 6 heteroatoms. The van der Waals surface area contributed by atoms with Gasteiger partial charge in [-0.2, -0.15) is 0 Å². The molecule has 1 aliphatic carbocycles. The molecule has 27 heavy (non-hydrogen) atoms. The zero-order chi connectivity index (χ0) is 19.4. The zero-order valence-corrected chi connectivity index (χ0v) is 15.2. The minimum atomic E-state index is -1.06. The van der Waals surface area contributed by atoms with Gasteiger partial charge in [-0.1, -0.05) is 6.07 Å². The number of ketones is 1. The van der Waals surface area contributed by atoms with Crippen molar-refractivity contribution >= 4 is 17.8 Å². The maximum absolute atomic E-state index is 12.8. The van der Waals surface area contributed by atoms with Gasteiger partial charge in [0.15, 0.2) is 23.9 Å². The molecule has 2 aromatic carbocycles. The van der Waals surface area contributed by atoms with Crippen molar-refractivity contribution < 1.29 is 28.9 Å². The molecule has 0 heterocycles. The lowest BCUT2D eigenvalue weighted by Gasteiger charge is -2.18. The standard InChI is InChI=1S/C21H20O6/c1-25-16-6-7-17-14(11-16)4-5-15(21(17)24)9-13-3-8-18(19(10-13)26-2)27-12-20(22)23/h3,6-11H,4-5,12H2,1-2H3,(H,22,23). The van der Waals surface area contributed by atoms with E-state index in [9.17, 15) is 9.59 Å². The fourth-order valence-corrected chi connectivity index (χ4v) is 3.05. The molecule has 2 aromatic rings. The van der Waals surface area contributed by atoms with E-state index in [0.717, 1.165) is 23.3 Å². The molecule has 0 radical (unpaired) electrons. The van der Waals surface area contributed by atoms with E-state index in [0.29, 0.717) is 29.1 Å². The van der Waals surface area contributed by atoms with Crippen LogP contribution in [-0.2, 0) is 11.2 Å². The van der Waals surface area contributed by atoms with E-state index >= 15 is 0 Å². The number of carbonyl (C=O) groups is 2. The van der Waals surface area contributed by atoms with Gasteiger partial charge in [-0.05, 0) is 60.4 Å². The molecule has 140 valence electrons. The molecule has 0 unspecified atom stereocenters. The molecule has 0 fully saturated rings. The number of hydrogen-bond acceptors (Lipinski definition) is 5. The Labute approximate surface area is 157 Å². The van der Waals surface area contributed by atoms with Crippen LogP contribution in [0.4, 0.5) is 0 Å². The number of benzene rings is 2. The molecule has 1 aliphatic rings. The normalized spacial score (nSPS) is 14.6. The van der Waals surface area contributed by atoms with E-state index in [1.807, 2.05) is 12.1 Å². The highest BCUT2D eigenvalue weighted by molar-refractivity contribution is 6.13. The summed E-state index contributed by atoms with van der Waals surface area (Å²) in [5.74, 6) is 0.444. The van der Waals surface area contributed by atoms with E-state index in [4.69, 9.17) is 19.3 Å². The lowest BCUT2D eigenvalue weighted by atomic mass is 9.86. The van der Waals surface area contributed by atoms with Crippen molar-refractivity contribution in [2.24, 2.45) is 0 Å². The van der Waals surface area contributed by atoms with Crippen molar-refractivity contribution in [2.75, 3.05) is 20.8 Å². The van der Waals surface area contributed by atoms with Gasteiger partial charge in [0.05, 0.1) is 14.2 Å². The predicted octanol–water partition coefficient (Wildman–Crippen LogP) is 3.38. The average Bonchev–Trinajstić information content (AvgIpc) is 2.68. The number of allylic oxidation sites excluding steroid dienone is 1. The minimum Gasteiger partial charge on any atom is -0.497 e. The third kappa shape index (κ3) is 4.11. The number of rotatable bonds is 6. The van der Waals surface area contributed by atoms with Gasteiger partial charge in [0, 0.05) is 11.1 Å². The van der Waals surface area contributed by atoms with Crippen molar-refractivity contribution in [3.05, 3.63) is 58.7 Å². The summed E-state index contributed by atoms with van der Waals surface area (Å²) in [5, 5.41) is 8.73. The Bertz CT molecular complexity index is 913. The van der Waals surface area contributed by atoms with E-state index in [-0.39, 0.29) is 5.78 Å². The van der Waals surface area contributed by atoms with Crippen molar-refractivity contribution in [1.82, 2.24) is 0 Å². The lowest BCUT2D eigenvalue weighted by molar-refractivity contribution is -0.139. The number of methoxy groups -OCH3 is 2. The maximum atomic E-state index is 12.8. The number of carboxylic acid groups (broad SMARTS) is 1. The molecule has 0 aliphatic heterocycles. The monoisotopic (exact) mass is 368 g/mol. The van der Waals surface area contributed by atoms with Crippen molar-refractivity contribution in [2.45, 2.75) is 12.8 Å². The summed E-state index contributed by atoms with van der Waals surface area (Å²) in [6, 6.07) is 10.6. The van der Waals surface area contributed by atoms with E-state index in [2.05, 4.69) is 0 Å². The van der Waals surface area contributed by atoms with Crippen LogP contribution in [-0.4, -0.2) is 37.7 Å². The summed E-state index contributed by atoms with van der Waals surface area (Å²) >= 11 is 0. The van der Waals surface area contributed by atoms with Gasteiger partial charge in [-0.25, -0.2) is 4.79 Å². The highest BCUT2D eigenvalue weighted by Gasteiger charge is 2.22. The summed E-state index contributed by atoms with van der Waals surface area (Å²) in [6.07, 6.45) is 3.23. The summed E-state index contributed by atoms with van der Waals surface area (Å²) in [6.45, 7) is -0.449. The second-order valence-corrected chi connectivity index (χ2v) is 6.11. The van der Waals surface area contributed by atoms with Gasteiger partial charge in [0.25, 0.3) is 0 Å². The van der Waals surface area contributed by atoms with Crippen LogP contribution in [0.15, 0.2) is 42.0 Å². The van der Waals surface area contributed by atoms with Crippen LogP contribution in [0.1, 0.15) is 27.9 Å². The second-order valence-electron chi connectivity index (χ2n) is 6.11. The Morgan fingerprint density at radius 1 is 1.07 bits per heavy atom. The van der Waals surface area contributed by atoms with Crippen LogP contribution in [0.2, 0.25) is 0 Å². The molecule has 0 aromatic heterocycles. The first kappa shape index (κ1) is 18.5. The number of ether oxygens (including phenoxy) is 3. The molecule has 0 atom stereocenters. The summed E-state index contributed by atoms with van der Waals surface area (Å²) in [7, 11) is 3.09. The van der Waals surface area contributed by atoms with Crippen molar-refractivity contribution in [1.29, 1.82) is 0 Å². The molecule has 0 saturated heterocycles. The highest BCUT2D eigenvalue weighted by Crippen LogP contribution is 2.32. The van der Waals surface area contributed by atoms with Gasteiger partial charge in [-0.3, -0.25) is 4.79 Å². The number of carbonyl (C=O) groups excluding carboxylic acids is 1. The zero-order valence-electron chi connectivity index (χ0n) is 15.2. The number of hydrogen-bond donors (Lipinski definition) is 1. The molecule has 0 amide bonds. The van der Waals surface area contributed by atoms with Gasteiger partial charge >= 0.3 is 5.97 Å². The van der Waals surface area contributed by atoms with E-state index in [1.54, 1.807) is 37.4 Å². The lowest BCUT2D eigenvalue weighted by Crippen LogP contribution is -2.14. The summed E-state index contributed by atoms with van der Waals surface area (Å²) in [4.78, 5) is 23.4. The Hall–Kier alpha value is -3.28. The largest absolute Gasteiger partial charge is 0.497 e. The smallest absolute Gasteiger partial charge is 0.341 e. The van der Waals surface area contributed by atoms with Gasteiger partial charge in [0.2, 0.25) is 0 Å². The first-order valence-electron chi connectivity index (χ1n) is 8.46. The van der Waals surface area contributed by atoms with Gasteiger partial charge < -0.3 is 19.3 Å². The quantitative estimate of drug-likeness (QED) is 0.787. The molecule has 0 saturated carbocycles. The molecule has 6 nitrogen and oxygen atoms in total. The first-order valence-corrected chi connectivity index (χ1v) is 8.46. The van der Waals surface area contributed by atoms with Crippen LogP contribution >= 0.6 is 0 Å².